The molecule has 1 amide bonds. The minimum absolute atomic E-state index is 0.00951. The zero-order valence-electron chi connectivity index (χ0n) is 12.4. The average Bonchev–Trinajstić information content (AvgIpc) is 2.52. The van der Waals surface area contributed by atoms with Crippen molar-refractivity contribution in [3.05, 3.63) is 30.5 Å². The molecule has 0 bridgehead atoms. The lowest BCUT2D eigenvalue weighted by atomic mass is 10.1. The predicted octanol–water partition coefficient (Wildman–Crippen LogP) is 2.50. The molecule has 0 spiro atoms. The molecule has 0 unspecified atom stereocenters. The van der Waals surface area contributed by atoms with E-state index >= 15 is 0 Å². The summed E-state index contributed by atoms with van der Waals surface area (Å²) in [5, 5.41) is 3.75. The van der Waals surface area contributed by atoms with E-state index in [1.165, 1.54) is 0 Å². The van der Waals surface area contributed by atoms with Gasteiger partial charge in [0.25, 0.3) is 5.91 Å². The first-order valence-corrected chi connectivity index (χ1v) is 7.21. The third kappa shape index (κ3) is 3.62. The molecule has 0 aliphatic carbocycles. The highest BCUT2D eigenvalue weighted by Crippen LogP contribution is 2.28. The van der Waals surface area contributed by atoms with Crippen LogP contribution < -0.4 is 15.8 Å². The van der Waals surface area contributed by atoms with Crippen LogP contribution in [0, 0.1) is 0 Å². The van der Waals surface area contributed by atoms with Crippen molar-refractivity contribution in [1.29, 1.82) is 0 Å². The molecule has 0 fully saturated rings. The van der Waals surface area contributed by atoms with E-state index in [1.54, 1.807) is 18.3 Å². The number of anilines is 1. The van der Waals surface area contributed by atoms with Crippen molar-refractivity contribution in [2.75, 3.05) is 12.3 Å². The molecule has 5 heteroatoms. The van der Waals surface area contributed by atoms with E-state index in [1.807, 2.05) is 12.1 Å². The number of carbonyl (C=O) groups is 1. The molecule has 1 aromatic heterocycles. The Morgan fingerprint density at radius 1 is 1.33 bits per heavy atom. The van der Waals surface area contributed by atoms with Gasteiger partial charge in [-0.2, -0.15) is 0 Å². The Bertz CT molecular complexity index is 624. The van der Waals surface area contributed by atoms with Crippen LogP contribution in [-0.4, -0.2) is 23.5 Å². The van der Waals surface area contributed by atoms with Gasteiger partial charge >= 0.3 is 0 Å². The highest BCUT2D eigenvalue weighted by Gasteiger charge is 2.11. The van der Waals surface area contributed by atoms with Crippen molar-refractivity contribution in [1.82, 2.24) is 10.3 Å². The first-order chi connectivity index (χ1) is 10.2. The molecule has 2 rings (SSSR count). The fourth-order valence-electron chi connectivity index (χ4n) is 2.20. The number of hydrogen-bond donors (Lipinski definition) is 2. The van der Waals surface area contributed by atoms with Crippen LogP contribution in [0.2, 0.25) is 0 Å². The highest BCUT2D eigenvalue weighted by atomic mass is 16.5. The van der Waals surface area contributed by atoms with Crippen LogP contribution in [0.3, 0.4) is 0 Å². The molecule has 0 atom stereocenters. The third-order valence-electron chi connectivity index (χ3n) is 3.47. The number of amides is 1. The van der Waals surface area contributed by atoms with Gasteiger partial charge in [-0.15, -0.1) is 0 Å². The maximum Gasteiger partial charge on any atom is 0.258 e. The van der Waals surface area contributed by atoms with Gasteiger partial charge in [0, 0.05) is 17.6 Å². The second kappa shape index (κ2) is 6.92. The van der Waals surface area contributed by atoms with Gasteiger partial charge < -0.3 is 15.8 Å². The van der Waals surface area contributed by atoms with E-state index in [4.69, 9.17) is 10.5 Å². The smallest absolute Gasteiger partial charge is 0.258 e. The first kappa shape index (κ1) is 15.1. The quantitative estimate of drug-likeness (QED) is 0.800. The summed E-state index contributed by atoms with van der Waals surface area (Å²) in [6.07, 6.45) is 3.51. The summed E-state index contributed by atoms with van der Waals surface area (Å²) in [5.41, 5.74) is 7.17. The van der Waals surface area contributed by atoms with E-state index in [2.05, 4.69) is 24.1 Å². The Kier molecular flexibility index (Phi) is 4.98. The molecule has 1 heterocycles. The summed E-state index contributed by atoms with van der Waals surface area (Å²) in [5.74, 6) is 0.504. The molecule has 0 aliphatic heterocycles. The molecule has 5 nitrogen and oxygen atoms in total. The number of carbonyl (C=O) groups excluding carboxylic acids is 1. The zero-order chi connectivity index (χ0) is 15.2. The number of pyridine rings is 1. The molecule has 0 aliphatic rings. The van der Waals surface area contributed by atoms with Gasteiger partial charge in [-0.3, -0.25) is 9.78 Å². The van der Waals surface area contributed by atoms with Crippen LogP contribution in [0.15, 0.2) is 30.5 Å². The summed E-state index contributed by atoms with van der Waals surface area (Å²) < 4.78 is 5.62. The van der Waals surface area contributed by atoms with Crippen molar-refractivity contribution >= 4 is 22.5 Å². The number of hydrogen-bond acceptors (Lipinski definition) is 4. The Morgan fingerprint density at radius 3 is 2.81 bits per heavy atom. The topological polar surface area (TPSA) is 77.2 Å². The number of nitrogen functional groups attached to an aromatic ring is 1. The van der Waals surface area contributed by atoms with Crippen LogP contribution in [0.25, 0.3) is 10.9 Å². The van der Waals surface area contributed by atoms with Gasteiger partial charge in [-0.25, -0.2) is 0 Å². The van der Waals surface area contributed by atoms with E-state index in [0.29, 0.717) is 17.0 Å². The Labute approximate surface area is 124 Å². The van der Waals surface area contributed by atoms with E-state index in [-0.39, 0.29) is 18.6 Å². The third-order valence-corrected chi connectivity index (χ3v) is 3.47. The lowest BCUT2D eigenvalue weighted by Gasteiger charge is -2.15. The normalized spacial score (nSPS) is 10.8. The number of nitrogens with zero attached hydrogens (tertiary/aromatic N) is 1. The Morgan fingerprint density at radius 2 is 2.10 bits per heavy atom. The maximum atomic E-state index is 11.9. The molecular weight excluding hydrogens is 266 g/mol. The van der Waals surface area contributed by atoms with Crippen LogP contribution >= 0.6 is 0 Å². The Hall–Kier alpha value is -2.30. The number of benzene rings is 1. The summed E-state index contributed by atoms with van der Waals surface area (Å²) in [6.45, 7) is 4.09. The summed E-state index contributed by atoms with van der Waals surface area (Å²) in [6, 6.07) is 7.41. The van der Waals surface area contributed by atoms with Gasteiger partial charge in [0.1, 0.15) is 5.75 Å². The predicted molar refractivity (Wildman–Crippen MR) is 84.2 cm³/mol. The van der Waals surface area contributed by atoms with E-state index in [0.717, 1.165) is 18.2 Å². The molecular formula is C16H21N3O2. The number of rotatable bonds is 6. The van der Waals surface area contributed by atoms with Crippen molar-refractivity contribution in [3.8, 4) is 5.75 Å². The fourth-order valence-corrected chi connectivity index (χ4v) is 2.20. The van der Waals surface area contributed by atoms with E-state index < -0.39 is 0 Å². The highest BCUT2D eigenvalue weighted by molar-refractivity contribution is 5.94. The van der Waals surface area contributed by atoms with Crippen molar-refractivity contribution in [3.63, 3.8) is 0 Å². The molecule has 3 N–H and O–H groups in total. The molecule has 21 heavy (non-hydrogen) atoms. The molecule has 0 saturated carbocycles. The molecule has 0 saturated heterocycles. The lowest BCUT2D eigenvalue weighted by molar-refractivity contribution is -0.123. The van der Waals surface area contributed by atoms with Crippen molar-refractivity contribution in [2.45, 2.75) is 32.7 Å². The second-order valence-corrected chi connectivity index (χ2v) is 4.92. The summed E-state index contributed by atoms with van der Waals surface area (Å²) in [4.78, 5) is 16.1. The van der Waals surface area contributed by atoms with Gasteiger partial charge in [0.15, 0.2) is 6.61 Å². The van der Waals surface area contributed by atoms with Crippen LogP contribution in [0.4, 0.5) is 5.69 Å². The number of aromatic nitrogens is 1. The Balaban J connectivity index is 2.07. The monoisotopic (exact) mass is 287 g/mol. The van der Waals surface area contributed by atoms with Crippen molar-refractivity contribution < 1.29 is 9.53 Å². The molecule has 2 aromatic rings. The zero-order valence-corrected chi connectivity index (χ0v) is 12.4. The lowest BCUT2D eigenvalue weighted by Crippen LogP contribution is -2.37. The SMILES string of the molecule is CCC(CC)NC(=O)COc1ccc(N)c2ncccc12. The van der Waals surface area contributed by atoms with Crippen molar-refractivity contribution in [2.24, 2.45) is 0 Å². The number of nitrogens with two attached hydrogens (primary N) is 1. The summed E-state index contributed by atoms with van der Waals surface area (Å²) in [7, 11) is 0. The average molecular weight is 287 g/mol. The molecule has 112 valence electrons. The second-order valence-electron chi connectivity index (χ2n) is 4.92. The van der Waals surface area contributed by atoms with Gasteiger partial charge in [0.2, 0.25) is 0 Å². The van der Waals surface area contributed by atoms with Crippen LogP contribution in [0.5, 0.6) is 5.75 Å². The number of ether oxygens (including phenoxy) is 1. The van der Waals surface area contributed by atoms with Gasteiger partial charge in [-0.1, -0.05) is 13.8 Å². The van der Waals surface area contributed by atoms with Crippen LogP contribution in [-0.2, 0) is 4.79 Å². The first-order valence-electron chi connectivity index (χ1n) is 7.21. The van der Waals surface area contributed by atoms with Gasteiger partial charge in [-0.05, 0) is 37.1 Å². The fraction of sp³-hybridized carbons (Fsp3) is 0.375. The number of nitrogens with one attached hydrogen (secondary N) is 1. The summed E-state index contributed by atoms with van der Waals surface area (Å²) >= 11 is 0. The number of fused-ring (bicyclic) bond motifs is 1. The minimum atomic E-state index is -0.113. The standard InChI is InChI=1S/C16H21N3O2/c1-3-11(4-2)19-15(20)10-21-14-8-7-13(17)16-12(14)6-5-9-18-16/h5-9,11H,3-4,10,17H2,1-2H3,(H,19,20). The maximum absolute atomic E-state index is 11.9. The largest absolute Gasteiger partial charge is 0.483 e. The minimum Gasteiger partial charge on any atom is -0.483 e. The molecule has 1 aromatic carbocycles. The van der Waals surface area contributed by atoms with E-state index in [9.17, 15) is 4.79 Å². The van der Waals surface area contributed by atoms with Gasteiger partial charge in [0.05, 0.1) is 11.2 Å². The molecule has 0 radical (unpaired) electrons. The van der Waals surface area contributed by atoms with Crippen LogP contribution in [0.1, 0.15) is 26.7 Å².